The van der Waals surface area contributed by atoms with E-state index < -0.39 is 11.9 Å². The Balaban J connectivity index is 0.000000154. The van der Waals surface area contributed by atoms with E-state index >= 15 is 0 Å². The van der Waals surface area contributed by atoms with Gasteiger partial charge in [0, 0.05) is 21.5 Å². The van der Waals surface area contributed by atoms with Gasteiger partial charge in [0.15, 0.2) is 0 Å². The smallest absolute Gasteiger partial charge is 0.252 e. The summed E-state index contributed by atoms with van der Waals surface area (Å²) in [6, 6.07) is 16.5. The van der Waals surface area contributed by atoms with Crippen molar-refractivity contribution in [2.75, 3.05) is 0 Å². The maximum Gasteiger partial charge on any atom is 0.433 e. The predicted molar refractivity (Wildman–Crippen MR) is 85.2 cm³/mol. The van der Waals surface area contributed by atoms with Crippen molar-refractivity contribution in [3.05, 3.63) is 66.5 Å². The minimum atomic E-state index is -4.32. The van der Waals surface area contributed by atoms with Gasteiger partial charge in [-0.3, -0.25) is 4.98 Å². The van der Waals surface area contributed by atoms with E-state index in [1.807, 2.05) is 11.3 Å². The Labute approximate surface area is 135 Å². The minimum Gasteiger partial charge on any atom is -0.252 e. The number of alkyl halides is 3. The number of rotatable bonds is 1. The number of fused-ring (bicyclic) bond motifs is 1. The first-order valence-corrected chi connectivity index (χ1v) is 7.05. The van der Waals surface area contributed by atoms with E-state index in [1.165, 1.54) is 33.0 Å². The second kappa shape index (κ2) is 6.50. The van der Waals surface area contributed by atoms with Crippen molar-refractivity contribution in [1.82, 2.24) is 4.98 Å². The molecule has 0 saturated carbocycles. The SMILES string of the molecule is Cl.FC(F)(F)c1ccccn1.c1ccc(-c2sc3cc2-3)cc1. The highest BCUT2D eigenvalue weighted by atomic mass is 35.5. The number of pyridine rings is 1. The molecule has 114 valence electrons. The third-order valence-corrected chi connectivity index (χ3v) is 4.12. The summed E-state index contributed by atoms with van der Waals surface area (Å²) in [5.41, 5.74) is 2.00. The molecular weight excluding hydrogens is 331 g/mol. The van der Waals surface area contributed by atoms with Gasteiger partial charge < -0.3 is 0 Å². The summed E-state index contributed by atoms with van der Waals surface area (Å²) in [7, 11) is 0. The van der Waals surface area contributed by atoms with Crippen molar-refractivity contribution in [1.29, 1.82) is 0 Å². The van der Waals surface area contributed by atoms with Crippen LogP contribution >= 0.6 is 23.7 Å². The van der Waals surface area contributed by atoms with Gasteiger partial charge in [-0.05, 0) is 23.8 Å². The van der Waals surface area contributed by atoms with Crippen LogP contribution in [0, 0.1) is 0 Å². The van der Waals surface area contributed by atoms with Crippen LogP contribution in [0.3, 0.4) is 0 Å². The Kier molecular flexibility index (Phi) is 4.88. The van der Waals surface area contributed by atoms with Crippen LogP contribution in [0.4, 0.5) is 13.2 Å². The fourth-order valence-corrected chi connectivity index (χ4v) is 2.80. The van der Waals surface area contributed by atoms with Crippen LogP contribution in [0.5, 0.6) is 0 Å². The number of thiophene rings is 1. The Morgan fingerprint density at radius 1 is 0.909 bits per heavy atom. The summed E-state index contributed by atoms with van der Waals surface area (Å²) in [6.07, 6.45) is -3.20. The molecule has 1 aliphatic carbocycles. The molecule has 2 heterocycles. The van der Waals surface area contributed by atoms with Crippen LogP contribution in [0.1, 0.15) is 5.69 Å². The molecule has 0 radical (unpaired) electrons. The first-order valence-electron chi connectivity index (χ1n) is 6.23. The van der Waals surface area contributed by atoms with Gasteiger partial charge in [0.1, 0.15) is 5.69 Å². The second-order valence-electron chi connectivity index (χ2n) is 4.43. The molecule has 6 heteroatoms. The molecule has 1 aromatic carbocycles. The Morgan fingerprint density at radius 2 is 1.59 bits per heavy atom. The van der Waals surface area contributed by atoms with Crippen molar-refractivity contribution in [2.45, 2.75) is 6.18 Å². The van der Waals surface area contributed by atoms with Gasteiger partial charge in [-0.2, -0.15) is 13.2 Å². The molecule has 2 aliphatic rings. The van der Waals surface area contributed by atoms with Gasteiger partial charge in [-0.25, -0.2) is 0 Å². The van der Waals surface area contributed by atoms with Crippen LogP contribution < -0.4 is 0 Å². The monoisotopic (exact) mass is 341 g/mol. The van der Waals surface area contributed by atoms with Crippen LogP contribution in [0.15, 0.2) is 60.8 Å². The molecule has 1 nitrogen and oxygen atoms in total. The Bertz CT molecular complexity index is 739. The van der Waals surface area contributed by atoms with E-state index in [1.54, 1.807) is 0 Å². The largest absolute Gasteiger partial charge is 0.433 e. The fourth-order valence-electron chi connectivity index (χ4n) is 1.81. The molecule has 2 aromatic rings. The fraction of sp³-hybridized carbons (Fsp3) is 0.0625. The van der Waals surface area contributed by atoms with Crippen molar-refractivity contribution >= 4 is 23.7 Å². The number of halogens is 4. The number of benzene rings is 1. The van der Waals surface area contributed by atoms with Gasteiger partial charge in [-0.15, -0.1) is 23.7 Å². The summed E-state index contributed by atoms with van der Waals surface area (Å²) in [6.45, 7) is 0. The minimum absolute atomic E-state index is 0. The molecule has 22 heavy (non-hydrogen) atoms. The second-order valence-corrected chi connectivity index (χ2v) is 5.48. The van der Waals surface area contributed by atoms with E-state index in [9.17, 15) is 13.2 Å². The molecule has 0 N–H and O–H groups in total. The first-order chi connectivity index (χ1) is 10.1. The zero-order valence-electron chi connectivity index (χ0n) is 11.2. The number of hydrogen-bond acceptors (Lipinski definition) is 2. The van der Waals surface area contributed by atoms with Crippen molar-refractivity contribution in [3.63, 3.8) is 0 Å². The third-order valence-electron chi connectivity index (χ3n) is 2.91. The molecule has 0 atom stereocenters. The summed E-state index contributed by atoms with van der Waals surface area (Å²) >= 11 is 1.90. The third kappa shape index (κ3) is 3.67. The Morgan fingerprint density at radius 3 is 2.00 bits per heavy atom. The lowest BCUT2D eigenvalue weighted by Crippen LogP contribution is -2.06. The lowest BCUT2D eigenvalue weighted by Gasteiger charge is -2.02. The average molecular weight is 342 g/mol. The lowest BCUT2D eigenvalue weighted by atomic mass is 10.2. The summed E-state index contributed by atoms with van der Waals surface area (Å²) in [5, 5.41) is 0. The summed E-state index contributed by atoms with van der Waals surface area (Å²) in [4.78, 5) is 6.07. The molecule has 0 bridgehead atoms. The van der Waals surface area contributed by atoms with Gasteiger partial charge in [0.25, 0.3) is 0 Å². The molecule has 0 fully saturated rings. The molecule has 4 rings (SSSR count). The topological polar surface area (TPSA) is 12.9 Å². The highest BCUT2D eigenvalue weighted by Gasteiger charge is 2.31. The summed E-state index contributed by atoms with van der Waals surface area (Å²) < 4.78 is 35.2. The van der Waals surface area contributed by atoms with Crippen molar-refractivity contribution in [2.24, 2.45) is 0 Å². The highest BCUT2D eigenvalue weighted by Crippen LogP contribution is 2.54. The summed E-state index contributed by atoms with van der Waals surface area (Å²) in [5.74, 6) is 0. The molecular formula is C16H11ClF3NS. The molecule has 0 amide bonds. The number of hydrogen-bond donors (Lipinski definition) is 0. The van der Waals surface area contributed by atoms with E-state index in [-0.39, 0.29) is 12.4 Å². The standard InChI is InChI=1S/C10H6S.C6H4F3N.ClH/c1-2-4-7(5-3-1)10-8-6-9(8)11-10;7-6(8,9)5-3-1-2-4-10-5;/h1-6H;1-4H;1H. The van der Waals surface area contributed by atoms with Crippen LogP contribution in [0.25, 0.3) is 20.9 Å². The molecule has 0 spiro atoms. The predicted octanol–water partition coefficient (Wildman–Crippen LogP) is 5.92. The van der Waals surface area contributed by atoms with Crippen LogP contribution in [-0.2, 0) is 6.18 Å². The normalized spacial score (nSPS) is 11.0. The van der Waals surface area contributed by atoms with E-state index in [2.05, 4.69) is 41.4 Å². The van der Waals surface area contributed by atoms with Gasteiger partial charge in [0.2, 0.25) is 0 Å². The highest BCUT2D eigenvalue weighted by molar-refractivity contribution is 7.24. The lowest BCUT2D eigenvalue weighted by molar-refractivity contribution is -0.141. The zero-order valence-corrected chi connectivity index (χ0v) is 12.8. The maximum atomic E-state index is 11.7. The molecule has 1 aliphatic heterocycles. The van der Waals surface area contributed by atoms with E-state index in [0.29, 0.717) is 0 Å². The van der Waals surface area contributed by atoms with Gasteiger partial charge in [0.05, 0.1) is 0 Å². The zero-order chi connectivity index (χ0) is 14.9. The van der Waals surface area contributed by atoms with E-state index in [0.717, 1.165) is 12.3 Å². The van der Waals surface area contributed by atoms with Crippen LogP contribution in [0.2, 0.25) is 0 Å². The quantitative estimate of drug-likeness (QED) is 0.419. The molecule has 1 aromatic heterocycles. The number of nitrogens with zero attached hydrogens (tertiary/aromatic N) is 1. The maximum absolute atomic E-state index is 11.7. The van der Waals surface area contributed by atoms with Gasteiger partial charge >= 0.3 is 6.18 Å². The molecule has 0 unspecified atom stereocenters. The average Bonchev–Trinajstić information content (AvgIpc) is 3.11. The van der Waals surface area contributed by atoms with Crippen LogP contribution in [-0.4, -0.2) is 4.98 Å². The Hall–Kier alpha value is -1.85. The molecule has 0 saturated heterocycles. The van der Waals surface area contributed by atoms with Gasteiger partial charge in [-0.1, -0.05) is 36.4 Å². The van der Waals surface area contributed by atoms with E-state index in [4.69, 9.17) is 0 Å². The van der Waals surface area contributed by atoms with Crippen molar-refractivity contribution < 1.29 is 13.2 Å². The van der Waals surface area contributed by atoms with Crippen molar-refractivity contribution in [3.8, 4) is 20.9 Å². The first kappa shape index (κ1) is 16.5. The number of aromatic nitrogens is 1.